The molecule has 21 heavy (non-hydrogen) atoms. The van der Waals surface area contributed by atoms with Crippen molar-refractivity contribution in [1.82, 2.24) is 25.2 Å². The molecule has 2 atom stereocenters. The van der Waals surface area contributed by atoms with E-state index in [1.54, 1.807) is 14.2 Å². The number of hydrogen-bond donors (Lipinski definition) is 1. The molecular weight excluding hydrogens is 270 g/mol. The van der Waals surface area contributed by atoms with Gasteiger partial charge in [-0.15, -0.1) is 5.10 Å². The highest BCUT2D eigenvalue weighted by molar-refractivity contribution is 4.92. The lowest BCUT2D eigenvalue weighted by molar-refractivity contribution is -0.00461. The first-order valence-corrected chi connectivity index (χ1v) is 7.64. The van der Waals surface area contributed by atoms with Crippen LogP contribution in [0.4, 0.5) is 0 Å². The van der Waals surface area contributed by atoms with E-state index in [1.165, 1.54) is 0 Å². The van der Waals surface area contributed by atoms with Gasteiger partial charge in [-0.2, -0.15) is 0 Å². The predicted octanol–water partition coefficient (Wildman–Crippen LogP) is 0.123. The molecule has 2 heterocycles. The van der Waals surface area contributed by atoms with Crippen molar-refractivity contribution in [3.63, 3.8) is 0 Å². The number of rotatable bonds is 9. The smallest absolute Gasteiger partial charge is 0.0971 e. The van der Waals surface area contributed by atoms with Crippen LogP contribution in [0.2, 0.25) is 0 Å². The molecule has 0 saturated carbocycles. The molecular formula is C14H27N5O2. The van der Waals surface area contributed by atoms with Gasteiger partial charge in [-0.3, -0.25) is 9.58 Å². The van der Waals surface area contributed by atoms with Crippen LogP contribution in [0.3, 0.4) is 0 Å². The van der Waals surface area contributed by atoms with Gasteiger partial charge in [0, 0.05) is 46.6 Å². The molecule has 0 bridgehead atoms. The zero-order valence-corrected chi connectivity index (χ0v) is 13.3. The van der Waals surface area contributed by atoms with E-state index in [0.29, 0.717) is 0 Å². The van der Waals surface area contributed by atoms with Gasteiger partial charge >= 0.3 is 0 Å². The Kier molecular flexibility index (Phi) is 6.56. The van der Waals surface area contributed by atoms with Gasteiger partial charge in [-0.05, 0) is 13.0 Å². The third-order valence-corrected chi connectivity index (χ3v) is 3.86. The van der Waals surface area contributed by atoms with Crippen LogP contribution in [-0.4, -0.2) is 72.5 Å². The van der Waals surface area contributed by atoms with E-state index in [4.69, 9.17) is 9.47 Å². The summed E-state index contributed by atoms with van der Waals surface area (Å²) in [7, 11) is 3.49. The maximum Gasteiger partial charge on any atom is 0.0971 e. The fourth-order valence-electron chi connectivity index (χ4n) is 2.62. The molecule has 1 fully saturated rings. The predicted molar refractivity (Wildman–Crippen MR) is 80.1 cm³/mol. The number of likely N-dealkylation sites (tertiary alicyclic amines) is 1. The van der Waals surface area contributed by atoms with Gasteiger partial charge in [0.1, 0.15) is 0 Å². The monoisotopic (exact) mass is 297 g/mol. The molecule has 0 radical (unpaired) electrons. The summed E-state index contributed by atoms with van der Waals surface area (Å²) in [6.07, 6.45) is 3.48. The molecule has 0 amide bonds. The average molecular weight is 297 g/mol. The summed E-state index contributed by atoms with van der Waals surface area (Å²) >= 11 is 0. The van der Waals surface area contributed by atoms with Crippen LogP contribution in [-0.2, 0) is 22.6 Å². The maximum atomic E-state index is 5.45. The third-order valence-electron chi connectivity index (χ3n) is 3.86. The maximum absolute atomic E-state index is 5.45. The van der Waals surface area contributed by atoms with Crippen molar-refractivity contribution in [2.24, 2.45) is 0 Å². The average Bonchev–Trinajstić information content (AvgIpc) is 3.11. The van der Waals surface area contributed by atoms with Crippen molar-refractivity contribution in [1.29, 1.82) is 0 Å². The van der Waals surface area contributed by atoms with Crippen LogP contribution in [0, 0.1) is 0 Å². The van der Waals surface area contributed by atoms with Gasteiger partial charge in [0.2, 0.25) is 0 Å². The summed E-state index contributed by atoms with van der Waals surface area (Å²) in [5, 5.41) is 11.7. The Balaban J connectivity index is 1.73. The lowest BCUT2D eigenvalue weighted by Crippen LogP contribution is -2.27. The number of methoxy groups -OCH3 is 2. The topological polar surface area (TPSA) is 64.4 Å². The molecule has 1 aliphatic rings. The molecule has 0 aromatic carbocycles. The summed E-state index contributed by atoms with van der Waals surface area (Å²) in [5.41, 5.74) is 0.995. The number of ether oxygens (including phenoxy) is 2. The minimum atomic E-state index is 0.166. The Labute approximate surface area is 126 Å². The molecule has 2 rings (SSSR count). The Morgan fingerprint density at radius 2 is 1.95 bits per heavy atom. The third kappa shape index (κ3) is 4.74. The molecule has 7 nitrogen and oxygen atoms in total. The summed E-state index contributed by atoms with van der Waals surface area (Å²) in [6.45, 7) is 7.55. The normalized spacial score (nSPS) is 23.0. The van der Waals surface area contributed by atoms with Crippen molar-refractivity contribution in [2.75, 3.05) is 40.4 Å². The van der Waals surface area contributed by atoms with E-state index in [1.807, 2.05) is 10.9 Å². The quantitative estimate of drug-likeness (QED) is 0.653. The van der Waals surface area contributed by atoms with E-state index in [2.05, 4.69) is 27.5 Å². The largest absolute Gasteiger partial charge is 0.377 e. The zero-order chi connectivity index (χ0) is 15.1. The minimum Gasteiger partial charge on any atom is -0.377 e. The van der Waals surface area contributed by atoms with E-state index >= 15 is 0 Å². The molecule has 1 aromatic heterocycles. The lowest BCUT2D eigenvalue weighted by Gasteiger charge is -2.14. The summed E-state index contributed by atoms with van der Waals surface area (Å²) in [6, 6.07) is 0. The molecule has 0 spiro atoms. The van der Waals surface area contributed by atoms with Crippen molar-refractivity contribution in [3.8, 4) is 0 Å². The highest BCUT2D eigenvalue weighted by Gasteiger charge is 2.32. The Hall–Kier alpha value is -1.02. The van der Waals surface area contributed by atoms with Crippen LogP contribution < -0.4 is 5.32 Å². The molecule has 120 valence electrons. The van der Waals surface area contributed by atoms with Crippen LogP contribution in [0.15, 0.2) is 6.20 Å². The van der Waals surface area contributed by atoms with Gasteiger partial charge in [-0.25, -0.2) is 0 Å². The second-order valence-corrected chi connectivity index (χ2v) is 5.46. The minimum absolute atomic E-state index is 0.166. The number of hydrogen-bond acceptors (Lipinski definition) is 6. The van der Waals surface area contributed by atoms with E-state index < -0.39 is 0 Å². The molecule has 7 heteroatoms. The second-order valence-electron chi connectivity index (χ2n) is 5.46. The summed E-state index contributed by atoms with van der Waals surface area (Å²) in [4.78, 5) is 2.35. The lowest BCUT2D eigenvalue weighted by atomic mass is 10.3. The molecule has 1 N–H and O–H groups in total. The molecule has 1 saturated heterocycles. The molecule has 0 aliphatic carbocycles. The molecule has 2 unspecified atom stereocenters. The van der Waals surface area contributed by atoms with Gasteiger partial charge in [0.25, 0.3) is 0 Å². The number of nitrogens with one attached hydrogen (secondary N) is 1. The number of aromatic nitrogens is 3. The highest BCUT2D eigenvalue weighted by Crippen LogP contribution is 2.15. The van der Waals surface area contributed by atoms with Crippen molar-refractivity contribution < 1.29 is 9.47 Å². The highest BCUT2D eigenvalue weighted by atomic mass is 16.5. The Morgan fingerprint density at radius 1 is 1.24 bits per heavy atom. The van der Waals surface area contributed by atoms with Crippen molar-refractivity contribution >= 4 is 0 Å². The van der Waals surface area contributed by atoms with Crippen molar-refractivity contribution in [3.05, 3.63) is 11.9 Å². The fraction of sp³-hybridized carbons (Fsp3) is 0.857. The number of nitrogens with zero attached hydrogens (tertiary/aromatic N) is 4. The van der Waals surface area contributed by atoms with E-state index in [-0.39, 0.29) is 12.2 Å². The Morgan fingerprint density at radius 3 is 2.57 bits per heavy atom. The first kappa shape index (κ1) is 16.4. The fourth-order valence-corrected chi connectivity index (χ4v) is 2.62. The summed E-state index contributed by atoms with van der Waals surface area (Å²) < 4.78 is 12.8. The van der Waals surface area contributed by atoms with Crippen LogP contribution >= 0.6 is 0 Å². The van der Waals surface area contributed by atoms with Gasteiger partial charge in [0.05, 0.1) is 24.4 Å². The first-order valence-electron chi connectivity index (χ1n) is 7.64. The standard InChI is InChI=1S/C14H27N5O2/c1-4-5-15-8-12-9-19(17-16-12)7-6-18-10-13(20-2)14(11-18)21-3/h9,13-15H,4-8,10-11H2,1-3H3. The van der Waals surface area contributed by atoms with E-state index in [9.17, 15) is 0 Å². The second kappa shape index (κ2) is 8.43. The zero-order valence-electron chi connectivity index (χ0n) is 13.3. The molecule has 1 aromatic rings. The van der Waals surface area contributed by atoms with Crippen molar-refractivity contribution in [2.45, 2.75) is 38.6 Å². The van der Waals surface area contributed by atoms with E-state index in [0.717, 1.165) is 51.4 Å². The Bertz CT molecular complexity index is 400. The van der Waals surface area contributed by atoms with Crippen LogP contribution in [0.25, 0.3) is 0 Å². The van der Waals surface area contributed by atoms with Gasteiger partial charge in [-0.1, -0.05) is 12.1 Å². The van der Waals surface area contributed by atoms with Gasteiger partial charge < -0.3 is 14.8 Å². The van der Waals surface area contributed by atoms with Gasteiger partial charge in [0.15, 0.2) is 0 Å². The van der Waals surface area contributed by atoms with Crippen LogP contribution in [0.1, 0.15) is 19.0 Å². The summed E-state index contributed by atoms with van der Waals surface area (Å²) in [5.74, 6) is 0. The molecule has 1 aliphatic heterocycles. The SMILES string of the molecule is CCCNCc1cn(CCN2CC(OC)C(OC)C2)nn1. The first-order chi connectivity index (χ1) is 10.3. The van der Waals surface area contributed by atoms with Crippen LogP contribution in [0.5, 0.6) is 0 Å².